The first-order valence-electron chi connectivity index (χ1n) is 5.70. The lowest BCUT2D eigenvalue weighted by Gasteiger charge is -2.10. The van der Waals surface area contributed by atoms with Crippen molar-refractivity contribution in [2.24, 2.45) is 0 Å². The average molecular weight is 270 g/mol. The van der Waals surface area contributed by atoms with Gasteiger partial charge >= 0.3 is 0 Å². The Hall–Kier alpha value is -1.12. The van der Waals surface area contributed by atoms with Gasteiger partial charge in [-0.25, -0.2) is 8.78 Å². The van der Waals surface area contributed by atoms with Gasteiger partial charge in [0.2, 0.25) is 0 Å². The molecular formula is C13H16F2N2S. The third kappa shape index (κ3) is 4.28. The summed E-state index contributed by atoms with van der Waals surface area (Å²) in [7, 11) is 0. The van der Waals surface area contributed by atoms with Gasteiger partial charge in [0, 0.05) is 17.4 Å². The van der Waals surface area contributed by atoms with Crippen molar-refractivity contribution in [2.45, 2.75) is 25.1 Å². The molecule has 1 unspecified atom stereocenters. The van der Waals surface area contributed by atoms with Crippen molar-refractivity contribution in [1.82, 2.24) is 5.32 Å². The van der Waals surface area contributed by atoms with Gasteiger partial charge in [0.25, 0.3) is 0 Å². The van der Waals surface area contributed by atoms with Crippen LogP contribution in [0.3, 0.4) is 0 Å². The third-order valence-corrected chi connectivity index (χ3v) is 3.74. The topological polar surface area (TPSA) is 35.8 Å². The zero-order valence-corrected chi connectivity index (χ0v) is 11.3. The van der Waals surface area contributed by atoms with E-state index in [1.54, 1.807) is 17.8 Å². The fourth-order valence-corrected chi connectivity index (χ4v) is 1.83. The van der Waals surface area contributed by atoms with Gasteiger partial charge in [0.15, 0.2) is 0 Å². The van der Waals surface area contributed by atoms with Gasteiger partial charge in [-0.3, -0.25) is 0 Å². The van der Waals surface area contributed by atoms with Gasteiger partial charge in [-0.1, -0.05) is 6.92 Å². The molecular weight excluding hydrogens is 254 g/mol. The summed E-state index contributed by atoms with van der Waals surface area (Å²) in [4.78, 5) is 0. The van der Waals surface area contributed by atoms with Gasteiger partial charge in [-0.05, 0) is 31.4 Å². The molecule has 0 amide bonds. The Morgan fingerprint density at radius 1 is 1.39 bits per heavy atom. The summed E-state index contributed by atoms with van der Waals surface area (Å²) in [6.45, 7) is 2.96. The van der Waals surface area contributed by atoms with Crippen molar-refractivity contribution in [3.05, 3.63) is 34.9 Å². The number of hydrogen-bond acceptors (Lipinski definition) is 3. The number of halogens is 2. The van der Waals surface area contributed by atoms with Crippen LogP contribution in [0.15, 0.2) is 12.1 Å². The summed E-state index contributed by atoms with van der Waals surface area (Å²) >= 11 is 1.76. The lowest BCUT2D eigenvalue weighted by molar-refractivity contribution is 0.532. The van der Waals surface area contributed by atoms with E-state index in [1.165, 1.54) is 0 Å². The van der Waals surface area contributed by atoms with Gasteiger partial charge < -0.3 is 5.32 Å². The predicted octanol–water partition coefficient (Wildman–Crippen LogP) is 3.07. The van der Waals surface area contributed by atoms with E-state index in [0.29, 0.717) is 11.8 Å². The van der Waals surface area contributed by atoms with E-state index in [1.807, 2.05) is 6.26 Å². The number of nitriles is 1. The molecule has 1 N–H and O–H groups in total. The van der Waals surface area contributed by atoms with Crippen molar-refractivity contribution in [1.29, 1.82) is 5.26 Å². The smallest absolute Gasteiger partial charge is 0.131 e. The minimum absolute atomic E-state index is 0.00440. The van der Waals surface area contributed by atoms with E-state index >= 15 is 0 Å². The molecule has 18 heavy (non-hydrogen) atoms. The molecule has 5 heteroatoms. The number of rotatable bonds is 6. The normalized spacial score (nSPS) is 12.2. The van der Waals surface area contributed by atoms with E-state index < -0.39 is 11.6 Å². The number of hydrogen-bond donors (Lipinski definition) is 1. The average Bonchev–Trinajstić information content (AvgIpc) is 2.36. The highest BCUT2D eigenvalue weighted by Crippen LogP contribution is 2.15. The lowest BCUT2D eigenvalue weighted by atomic mass is 10.1. The second-order valence-electron chi connectivity index (χ2n) is 4.04. The summed E-state index contributed by atoms with van der Waals surface area (Å²) in [6, 6.07) is 3.84. The van der Waals surface area contributed by atoms with Crippen LogP contribution in [-0.2, 0) is 6.54 Å². The zero-order chi connectivity index (χ0) is 13.5. The lowest BCUT2D eigenvalue weighted by Crippen LogP contribution is -2.19. The molecule has 0 aliphatic carbocycles. The van der Waals surface area contributed by atoms with E-state index in [0.717, 1.165) is 18.6 Å². The Kier molecular flexibility index (Phi) is 6.10. The minimum Gasteiger partial charge on any atom is -0.312 e. The maximum atomic E-state index is 13.5. The molecule has 0 aromatic heterocycles. The number of nitrogens with zero attached hydrogens (tertiary/aromatic N) is 1. The molecule has 1 aromatic carbocycles. The Morgan fingerprint density at radius 3 is 2.50 bits per heavy atom. The van der Waals surface area contributed by atoms with Crippen LogP contribution in [0, 0.1) is 23.0 Å². The van der Waals surface area contributed by atoms with E-state index in [4.69, 9.17) is 5.26 Å². The summed E-state index contributed by atoms with van der Waals surface area (Å²) in [5, 5.41) is 12.1. The first-order valence-corrected chi connectivity index (χ1v) is 6.98. The highest BCUT2D eigenvalue weighted by Gasteiger charge is 2.10. The van der Waals surface area contributed by atoms with Crippen LogP contribution in [0.2, 0.25) is 0 Å². The molecule has 1 aromatic rings. The van der Waals surface area contributed by atoms with Gasteiger partial charge in [-0.2, -0.15) is 17.0 Å². The zero-order valence-electron chi connectivity index (χ0n) is 10.5. The van der Waals surface area contributed by atoms with Crippen molar-refractivity contribution in [2.75, 3.05) is 12.8 Å². The largest absolute Gasteiger partial charge is 0.312 e. The Bertz CT molecular complexity index is 420. The minimum atomic E-state index is -0.669. The molecule has 0 spiro atoms. The molecule has 98 valence electrons. The van der Waals surface area contributed by atoms with E-state index in [-0.39, 0.29) is 17.7 Å². The summed E-state index contributed by atoms with van der Waals surface area (Å²) < 4.78 is 27.0. The molecule has 0 fully saturated rings. The van der Waals surface area contributed by atoms with Crippen LogP contribution in [0.4, 0.5) is 8.78 Å². The molecule has 1 atom stereocenters. The summed E-state index contributed by atoms with van der Waals surface area (Å²) in [5.41, 5.74) is -0.00411. The van der Waals surface area contributed by atoms with Crippen LogP contribution in [0.1, 0.15) is 24.5 Å². The Labute approximate surface area is 110 Å². The SMILES string of the molecule is CSC(C)CCNCc1c(F)cc(C#N)cc1F. The quantitative estimate of drug-likeness (QED) is 0.807. The number of thioether (sulfide) groups is 1. The molecule has 0 bridgehead atoms. The summed E-state index contributed by atoms with van der Waals surface area (Å²) in [5.74, 6) is -1.34. The second-order valence-corrected chi connectivity index (χ2v) is 5.32. The number of nitrogens with one attached hydrogen (secondary N) is 1. The van der Waals surface area contributed by atoms with Crippen LogP contribution >= 0.6 is 11.8 Å². The van der Waals surface area contributed by atoms with Crippen molar-refractivity contribution < 1.29 is 8.78 Å². The van der Waals surface area contributed by atoms with E-state index in [9.17, 15) is 8.78 Å². The molecule has 0 aliphatic heterocycles. The second kappa shape index (κ2) is 7.34. The maximum absolute atomic E-state index is 13.5. The van der Waals surface area contributed by atoms with E-state index in [2.05, 4.69) is 12.2 Å². The standard InChI is InChI=1S/C13H16F2N2S/c1-9(18-2)3-4-17-8-11-12(14)5-10(7-16)6-13(11)15/h5-6,9,17H,3-4,8H2,1-2H3. The molecule has 1 rings (SSSR count). The molecule has 0 heterocycles. The van der Waals surface area contributed by atoms with Crippen LogP contribution in [-0.4, -0.2) is 18.1 Å². The number of benzene rings is 1. The Balaban J connectivity index is 2.55. The summed E-state index contributed by atoms with van der Waals surface area (Å²) in [6.07, 6.45) is 2.98. The third-order valence-electron chi connectivity index (χ3n) is 2.70. The maximum Gasteiger partial charge on any atom is 0.131 e. The predicted molar refractivity (Wildman–Crippen MR) is 70.4 cm³/mol. The molecule has 2 nitrogen and oxygen atoms in total. The van der Waals surface area contributed by atoms with Crippen molar-refractivity contribution in [3.63, 3.8) is 0 Å². The molecule has 0 aliphatic rings. The van der Waals surface area contributed by atoms with Crippen LogP contribution in [0.25, 0.3) is 0 Å². The molecule has 0 saturated heterocycles. The fourth-order valence-electron chi connectivity index (χ4n) is 1.47. The van der Waals surface area contributed by atoms with Gasteiger partial charge in [0.1, 0.15) is 11.6 Å². The van der Waals surface area contributed by atoms with Crippen LogP contribution in [0.5, 0.6) is 0 Å². The highest BCUT2D eigenvalue weighted by atomic mass is 32.2. The fraction of sp³-hybridized carbons (Fsp3) is 0.462. The molecule has 0 radical (unpaired) electrons. The monoisotopic (exact) mass is 270 g/mol. The van der Waals surface area contributed by atoms with Crippen molar-refractivity contribution in [3.8, 4) is 6.07 Å². The van der Waals surface area contributed by atoms with Crippen molar-refractivity contribution >= 4 is 11.8 Å². The molecule has 0 saturated carbocycles. The van der Waals surface area contributed by atoms with Crippen LogP contribution < -0.4 is 5.32 Å². The van der Waals surface area contributed by atoms with Gasteiger partial charge in [0.05, 0.1) is 11.6 Å². The van der Waals surface area contributed by atoms with Gasteiger partial charge in [-0.15, -0.1) is 0 Å². The first kappa shape index (κ1) is 14.9. The first-order chi connectivity index (χ1) is 8.58. The highest BCUT2D eigenvalue weighted by molar-refractivity contribution is 7.99. The Morgan fingerprint density at radius 2 is 2.00 bits per heavy atom.